The van der Waals surface area contributed by atoms with Crippen LogP contribution in [0.4, 0.5) is 11.4 Å². The van der Waals surface area contributed by atoms with E-state index >= 15 is 0 Å². The summed E-state index contributed by atoms with van der Waals surface area (Å²) < 4.78 is 10.2. The SMILES string of the molecule is COCCC1(CNc2cc(OC)ccc2[N+](=O)[O-])CC1. The van der Waals surface area contributed by atoms with Crippen LogP contribution in [-0.4, -0.2) is 32.3 Å². The van der Waals surface area contributed by atoms with E-state index in [9.17, 15) is 10.1 Å². The van der Waals surface area contributed by atoms with Crippen molar-refractivity contribution in [2.24, 2.45) is 5.41 Å². The Bertz CT molecular complexity index is 486. The van der Waals surface area contributed by atoms with Crippen molar-refractivity contribution in [3.63, 3.8) is 0 Å². The molecule has 0 heterocycles. The molecule has 0 bridgehead atoms. The number of nitrogens with zero attached hydrogens (tertiary/aromatic N) is 1. The third-order valence-corrected chi connectivity index (χ3v) is 3.85. The maximum Gasteiger partial charge on any atom is 0.292 e. The van der Waals surface area contributed by atoms with Crippen LogP contribution in [0.2, 0.25) is 0 Å². The minimum Gasteiger partial charge on any atom is -0.497 e. The average molecular weight is 280 g/mol. The van der Waals surface area contributed by atoms with Gasteiger partial charge in [-0.2, -0.15) is 0 Å². The average Bonchev–Trinajstić information content (AvgIpc) is 3.23. The Kier molecular flexibility index (Phi) is 4.44. The predicted molar refractivity (Wildman–Crippen MR) is 76.3 cm³/mol. The molecule has 0 aliphatic heterocycles. The molecule has 1 fully saturated rings. The van der Waals surface area contributed by atoms with Gasteiger partial charge in [-0.25, -0.2) is 0 Å². The first kappa shape index (κ1) is 14.6. The van der Waals surface area contributed by atoms with Crippen LogP contribution in [0.25, 0.3) is 0 Å². The third-order valence-electron chi connectivity index (χ3n) is 3.85. The van der Waals surface area contributed by atoms with E-state index < -0.39 is 0 Å². The van der Waals surface area contributed by atoms with Crippen LogP contribution in [0.1, 0.15) is 19.3 Å². The lowest BCUT2D eigenvalue weighted by Crippen LogP contribution is -2.17. The van der Waals surface area contributed by atoms with Crippen molar-refractivity contribution in [1.29, 1.82) is 0 Å². The number of hydrogen-bond acceptors (Lipinski definition) is 5. The molecule has 2 rings (SSSR count). The minimum absolute atomic E-state index is 0.0772. The molecule has 0 saturated heterocycles. The van der Waals surface area contributed by atoms with Crippen molar-refractivity contribution in [1.82, 2.24) is 0 Å². The Morgan fingerprint density at radius 1 is 1.40 bits per heavy atom. The highest BCUT2D eigenvalue weighted by Gasteiger charge is 2.42. The van der Waals surface area contributed by atoms with Crippen molar-refractivity contribution < 1.29 is 14.4 Å². The van der Waals surface area contributed by atoms with Crippen molar-refractivity contribution in [2.75, 3.05) is 32.7 Å². The first-order valence-corrected chi connectivity index (χ1v) is 6.65. The summed E-state index contributed by atoms with van der Waals surface area (Å²) in [6.45, 7) is 1.45. The summed E-state index contributed by atoms with van der Waals surface area (Å²) in [4.78, 5) is 10.7. The van der Waals surface area contributed by atoms with Gasteiger partial charge in [-0.15, -0.1) is 0 Å². The van der Waals surface area contributed by atoms with Gasteiger partial charge in [0.05, 0.1) is 12.0 Å². The van der Waals surface area contributed by atoms with Crippen LogP contribution in [-0.2, 0) is 4.74 Å². The fraction of sp³-hybridized carbons (Fsp3) is 0.571. The number of nitro groups is 1. The molecule has 1 aliphatic rings. The maximum atomic E-state index is 11.0. The van der Waals surface area contributed by atoms with Crippen molar-refractivity contribution in [2.45, 2.75) is 19.3 Å². The zero-order chi connectivity index (χ0) is 14.6. The predicted octanol–water partition coefficient (Wildman–Crippen LogP) is 2.83. The van der Waals surface area contributed by atoms with Crippen LogP contribution in [0, 0.1) is 15.5 Å². The fourth-order valence-corrected chi connectivity index (χ4v) is 2.24. The Hall–Kier alpha value is -1.82. The fourth-order valence-electron chi connectivity index (χ4n) is 2.24. The Balaban J connectivity index is 2.06. The molecule has 1 aromatic carbocycles. The second-order valence-electron chi connectivity index (χ2n) is 5.24. The molecule has 0 unspecified atom stereocenters. The molecule has 6 nitrogen and oxygen atoms in total. The third kappa shape index (κ3) is 3.39. The zero-order valence-electron chi connectivity index (χ0n) is 11.8. The Morgan fingerprint density at radius 3 is 2.70 bits per heavy atom. The lowest BCUT2D eigenvalue weighted by Gasteiger charge is -2.16. The van der Waals surface area contributed by atoms with Gasteiger partial charge >= 0.3 is 0 Å². The zero-order valence-corrected chi connectivity index (χ0v) is 11.8. The quantitative estimate of drug-likeness (QED) is 0.585. The Labute approximate surface area is 118 Å². The van der Waals surface area contributed by atoms with Gasteiger partial charge < -0.3 is 14.8 Å². The number of rotatable bonds is 8. The summed E-state index contributed by atoms with van der Waals surface area (Å²) in [6.07, 6.45) is 3.26. The molecule has 1 saturated carbocycles. The van der Waals surface area contributed by atoms with Crippen LogP contribution < -0.4 is 10.1 Å². The second kappa shape index (κ2) is 6.09. The molecule has 6 heteroatoms. The lowest BCUT2D eigenvalue weighted by molar-refractivity contribution is -0.384. The Morgan fingerprint density at radius 2 is 2.15 bits per heavy atom. The van der Waals surface area contributed by atoms with E-state index in [0.29, 0.717) is 11.4 Å². The molecule has 0 aromatic heterocycles. The topological polar surface area (TPSA) is 73.6 Å². The molecule has 0 atom stereocenters. The van der Waals surface area contributed by atoms with E-state index in [1.54, 1.807) is 26.4 Å². The molecule has 1 N–H and O–H groups in total. The van der Waals surface area contributed by atoms with Gasteiger partial charge in [0.2, 0.25) is 0 Å². The number of nitrogens with one attached hydrogen (secondary N) is 1. The molecule has 0 spiro atoms. The van der Waals surface area contributed by atoms with Gasteiger partial charge in [-0.05, 0) is 30.7 Å². The van der Waals surface area contributed by atoms with Gasteiger partial charge in [0.1, 0.15) is 11.4 Å². The van der Waals surface area contributed by atoms with E-state index in [1.807, 2.05) is 0 Å². The molecule has 110 valence electrons. The highest BCUT2D eigenvalue weighted by molar-refractivity contribution is 5.64. The summed E-state index contributed by atoms with van der Waals surface area (Å²) in [5, 5.41) is 14.2. The summed E-state index contributed by atoms with van der Waals surface area (Å²) >= 11 is 0. The minimum atomic E-state index is -0.378. The first-order valence-electron chi connectivity index (χ1n) is 6.65. The van der Waals surface area contributed by atoms with Gasteiger partial charge in [0, 0.05) is 32.4 Å². The van der Waals surface area contributed by atoms with Crippen LogP contribution in [0.5, 0.6) is 5.75 Å². The van der Waals surface area contributed by atoms with Crippen molar-refractivity contribution >= 4 is 11.4 Å². The molecule has 0 amide bonds. The summed E-state index contributed by atoms with van der Waals surface area (Å²) in [5.74, 6) is 0.611. The molecule has 1 aliphatic carbocycles. The van der Waals surface area contributed by atoms with Crippen LogP contribution in [0.15, 0.2) is 18.2 Å². The van der Waals surface area contributed by atoms with Gasteiger partial charge in [-0.3, -0.25) is 10.1 Å². The molecular weight excluding hydrogens is 260 g/mol. The summed E-state index contributed by atoms with van der Waals surface area (Å²) in [5.41, 5.74) is 0.818. The lowest BCUT2D eigenvalue weighted by atomic mass is 10.0. The normalized spacial score (nSPS) is 15.7. The highest BCUT2D eigenvalue weighted by atomic mass is 16.6. The van der Waals surface area contributed by atoms with Crippen molar-refractivity contribution in [3.8, 4) is 5.75 Å². The van der Waals surface area contributed by atoms with E-state index in [2.05, 4.69) is 5.32 Å². The van der Waals surface area contributed by atoms with Crippen LogP contribution >= 0.6 is 0 Å². The van der Waals surface area contributed by atoms with E-state index in [0.717, 1.165) is 32.4 Å². The number of benzene rings is 1. The maximum absolute atomic E-state index is 11.0. The smallest absolute Gasteiger partial charge is 0.292 e. The number of nitro benzene ring substituents is 1. The molecule has 0 radical (unpaired) electrons. The summed E-state index contributed by atoms with van der Waals surface area (Å²) in [7, 11) is 3.24. The number of hydrogen-bond donors (Lipinski definition) is 1. The van der Waals surface area contributed by atoms with E-state index in [4.69, 9.17) is 9.47 Å². The van der Waals surface area contributed by atoms with E-state index in [1.165, 1.54) is 6.07 Å². The van der Waals surface area contributed by atoms with Crippen LogP contribution in [0.3, 0.4) is 0 Å². The number of methoxy groups -OCH3 is 2. The van der Waals surface area contributed by atoms with Gasteiger partial charge in [-0.1, -0.05) is 0 Å². The largest absolute Gasteiger partial charge is 0.497 e. The number of ether oxygens (including phenoxy) is 2. The number of anilines is 1. The molecule has 20 heavy (non-hydrogen) atoms. The van der Waals surface area contributed by atoms with Gasteiger partial charge in [0.25, 0.3) is 5.69 Å². The molecular formula is C14H20N2O4. The van der Waals surface area contributed by atoms with Gasteiger partial charge in [0.15, 0.2) is 0 Å². The first-order chi connectivity index (χ1) is 9.60. The van der Waals surface area contributed by atoms with E-state index in [-0.39, 0.29) is 16.0 Å². The van der Waals surface area contributed by atoms with Crippen molar-refractivity contribution in [3.05, 3.63) is 28.3 Å². The summed E-state index contributed by atoms with van der Waals surface area (Å²) in [6, 6.07) is 4.74. The standard InChI is InChI=1S/C14H20N2O4/c1-19-8-7-14(5-6-14)10-15-12-9-11(20-2)3-4-13(12)16(17)18/h3-4,9,15H,5-8,10H2,1-2H3. The monoisotopic (exact) mass is 280 g/mol. The second-order valence-corrected chi connectivity index (χ2v) is 5.24. The molecule has 1 aromatic rings. The highest BCUT2D eigenvalue weighted by Crippen LogP contribution is 2.49.